The number of methoxy groups -OCH3 is 1. The van der Waals surface area contributed by atoms with Crippen LogP contribution in [0.4, 0.5) is 0 Å². The highest BCUT2D eigenvalue weighted by molar-refractivity contribution is 7.99. The van der Waals surface area contributed by atoms with Crippen molar-refractivity contribution < 1.29 is 19.1 Å². The predicted molar refractivity (Wildman–Crippen MR) is 107 cm³/mol. The molecule has 1 aliphatic heterocycles. The van der Waals surface area contributed by atoms with E-state index in [-0.39, 0.29) is 23.4 Å². The quantitative estimate of drug-likeness (QED) is 0.750. The molecule has 2 aliphatic rings. The lowest BCUT2D eigenvalue weighted by Crippen LogP contribution is -2.46. The van der Waals surface area contributed by atoms with Crippen molar-refractivity contribution in [1.82, 2.24) is 5.32 Å². The molecule has 3 rings (SSSR count). The van der Waals surface area contributed by atoms with Gasteiger partial charge in [-0.25, -0.2) is 0 Å². The third-order valence-corrected chi connectivity index (χ3v) is 7.17. The summed E-state index contributed by atoms with van der Waals surface area (Å²) >= 11 is 2.00. The number of ether oxygens (including phenoxy) is 2. The summed E-state index contributed by atoms with van der Waals surface area (Å²) in [5, 5.41) is 3.18. The molecular formula is C21H29NO4S. The lowest BCUT2D eigenvalue weighted by atomic mass is 9.65. The Morgan fingerprint density at radius 1 is 1.22 bits per heavy atom. The summed E-state index contributed by atoms with van der Waals surface area (Å²) in [6.45, 7) is 2.14. The maximum Gasteiger partial charge on any atom is 0.302 e. The van der Waals surface area contributed by atoms with Gasteiger partial charge in [0.15, 0.2) is 0 Å². The van der Waals surface area contributed by atoms with Crippen molar-refractivity contribution in [1.29, 1.82) is 0 Å². The van der Waals surface area contributed by atoms with Gasteiger partial charge in [-0.05, 0) is 67.1 Å². The lowest BCUT2D eigenvalue weighted by molar-refractivity contribution is -0.149. The third-order valence-electron chi connectivity index (χ3n) is 6.01. The highest BCUT2D eigenvalue weighted by Gasteiger charge is 2.43. The Morgan fingerprint density at radius 3 is 2.59 bits per heavy atom. The van der Waals surface area contributed by atoms with Gasteiger partial charge in [-0.1, -0.05) is 12.1 Å². The molecule has 1 saturated carbocycles. The van der Waals surface area contributed by atoms with Crippen molar-refractivity contribution in [2.24, 2.45) is 11.3 Å². The Morgan fingerprint density at radius 2 is 1.96 bits per heavy atom. The Hall–Kier alpha value is -1.69. The molecule has 0 spiro atoms. The van der Waals surface area contributed by atoms with E-state index >= 15 is 0 Å². The van der Waals surface area contributed by atoms with Crippen LogP contribution in [0.25, 0.3) is 0 Å². The molecule has 2 fully saturated rings. The highest BCUT2D eigenvalue weighted by atomic mass is 32.2. The number of hydrogen-bond donors (Lipinski definition) is 1. The molecule has 0 radical (unpaired) electrons. The summed E-state index contributed by atoms with van der Waals surface area (Å²) in [4.78, 5) is 24.0. The summed E-state index contributed by atoms with van der Waals surface area (Å²) < 4.78 is 10.7. The number of carbonyl (C=O) groups excluding carboxylic acids is 2. The van der Waals surface area contributed by atoms with E-state index in [1.54, 1.807) is 13.2 Å². The van der Waals surface area contributed by atoms with Gasteiger partial charge in [0.05, 0.1) is 12.7 Å². The van der Waals surface area contributed by atoms with Crippen LogP contribution in [0.2, 0.25) is 0 Å². The van der Waals surface area contributed by atoms with Crippen LogP contribution in [-0.4, -0.2) is 43.1 Å². The zero-order chi connectivity index (χ0) is 19.3. The number of rotatable bonds is 6. The number of para-hydroxylation sites is 1. The van der Waals surface area contributed by atoms with Crippen LogP contribution in [0.5, 0.6) is 5.75 Å². The van der Waals surface area contributed by atoms with E-state index in [1.807, 2.05) is 30.0 Å². The number of benzene rings is 1. The minimum Gasteiger partial charge on any atom is -0.496 e. The van der Waals surface area contributed by atoms with Gasteiger partial charge in [0.2, 0.25) is 0 Å². The van der Waals surface area contributed by atoms with Crippen molar-refractivity contribution in [3.63, 3.8) is 0 Å². The molecule has 148 valence electrons. The van der Waals surface area contributed by atoms with Crippen LogP contribution in [0, 0.1) is 11.3 Å². The number of esters is 1. The first-order valence-corrected chi connectivity index (χ1v) is 10.9. The van der Waals surface area contributed by atoms with Crippen LogP contribution in [0.3, 0.4) is 0 Å². The van der Waals surface area contributed by atoms with E-state index in [0.29, 0.717) is 23.8 Å². The fraction of sp³-hybridized carbons (Fsp3) is 0.619. The molecule has 1 aromatic rings. The standard InChI is InChI=1S/C21H29NO4S/c1-15(23)26-17-7-10-21(11-8-17,16-9-12-27-13-16)14-22-20(24)18-5-3-4-6-19(18)25-2/h3-6,16-17H,7-14H2,1-2H3,(H,22,24)/t16?,17-,21-. The largest absolute Gasteiger partial charge is 0.496 e. The highest BCUT2D eigenvalue weighted by Crippen LogP contribution is 2.48. The van der Waals surface area contributed by atoms with Crippen LogP contribution in [0.15, 0.2) is 24.3 Å². The number of amides is 1. The van der Waals surface area contributed by atoms with Gasteiger partial charge in [0, 0.05) is 13.5 Å². The Kier molecular flexibility index (Phi) is 6.68. The molecule has 1 atom stereocenters. The zero-order valence-corrected chi connectivity index (χ0v) is 17.0. The van der Waals surface area contributed by atoms with Crippen molar-refractivity contribution in [2.45, 2.75) is 45.1 Å². The van der Waals surface area contributed by atoms with Gasteiger partial charge in [-0.15, -0.1) is 0 Å². The maximum absolute atomic E-state index is 12.8. The minimum absolute atomic E-state index is 0.0228. The smallest absolute Gasteiger partial charge is 0.302 e. The van der Waals surface area contributed by atoms with Crippen molar-refractivity contribution in [2.75, 3.05) is 25.2 Å². The third kappa shape index (κ3) is 4.78. The molecule has 1 saturated heterocycles. The fourth-order valence-corrected chi connectivity index (χ4v) is 5.87. The van der Waals surface area contributed by atoms with Crippen LogP contribution in [-0.2, 0) is 9.53 Å². The Labute approximate surface area is 165 Å². The molecule has 0 bridgehead atoms. The number of carbonyl (C=O) groups is 2. The van der Waals surface area contributed by atoms with Crippen molar-refractivity contribution in [3.8, 4) is 5.75 Å². The molecule has 5 nitrogen and oxygen atoms in total. The summed E-state index contributed by atoms with van der Waals surface area (Å²) in [6, 6.07) is 7.32. The van der Waals surface area contributed by atoms with E-state index in [0.717, 1.165) is 31.4 Å². The van der Waals surface area contributed by atoms with E-state index < -0.39 is 0 Å². The normalized spacial score (nSPS) is 27.8. The van der Waals surface area contributed by atoms with Gasteiger partial charge < -0.3 is 14.8 Å². The molecule has 1 N–H and O–H groups in total. The van der Waals surface area contributed by atoms with E-state index in [2.05, 4.69) is 5.32 Å². The second-order valence-electron chi connectivity index (χ2n) is 7.61. The second kappa shape index (κ2) is 9.00. The molecular weight excluding hydrogens is 362 g/mol. The molecule has 1 amide bonds. The van der Waals surface area contributed by atoms with Gasteiger partial charge in [-0.3, -0.25) is 9.59 Å². The topological polar surface area (TPSA) is 64.6 Å². The summed E-state index contributed by atoms with van der Waals surface area (Å²) in [5.74, 6) is 3.27. The van der Waals surface area contributed by atoms with E-state index in [9.17, 15) is 9.59 Å². The van der Waals surface area contributed by atoms with E-state index in [1.165, 1.54) is 19.1 Å². The Balaban J connectivity index is 1.68. The molecule has 6 heteroatoms. The summed E-state index contributed by atoms with van der Waals surface area (Å²) in [5.41, 5.74) is 0.669. The number of hydrogen-bond acceptors (Lipinski definition) is 5. The van der Waals surface area contributed by atoms with Crippen molar-refractivity contribution in [3.05, 3.63) is 29.8 Å². The van der Waals surface area contributed by atoms with Gasteiger partial charge in [-0.2, -0.15) is 11.8 Å². The minimum atomic E-state index is -0.201. The molecule has 1 heterocycles. The van der Waals surface area contributed by atoms with Crippen LogP contribution < -0.4 is 10.1 Å². The molecule has 0 aromatic heterocycles. The summed E-state index contributed by atoms with van der Waals surface area (Å²) in [6.07, 6.45) is 4.96. The zero-order valence-electron chi connectivity index (χ0n) is 16.2. The fourth-order valence-electron chi connectivity index (χ4n) is 4.45. The first-order chi connectivity index (χ1) is 13.0. The van der Waals surface area contributed by atoms with Gasteiger partial charge in [0.25, 0.3) is 5.91 Å². The molecule has 1 unspecified atom stereocenters. The SMILES string of the molecule is COc1ccccc1C(=O)NC[C@]1(C2CCSC2)CC[C@H](OC(C)=O)CC1. The molecule has 1 aliphatic carbocycles. The first kappa shape index (κ1) is 20.1. The number of nitrogens with one attached hydrogen (secondary N) is 1. The first-order valence-electron chi connectivity index (χ1n) is 9.70. The Bertz CT molecular complexity index is 664. The second-order valence-corrected chi connectivity index (χ2v) is 8.76. The predicted octanol–water partition coefficient (Wildman–Crippen LogP) is 3.67. The molecule has 1 aromatic carbocycles. The van der Waals surface area contributed by atoms with Crippen LogP contribution in [0.1, 0.15) is 49.4 Å². The number of thioether (sulfide) groups is 1. The lowest BCUT2D eigenvalue weighted by Gasteiger charge is -2.44. The maximum atomic E-state index is 12.8. The van der Waals surface area contributed by atoms with Crippen LogP contribution >= 0.6 is 11.8 Å². The van der Waals surface area contributed by atoms with E-state index in [4.69, 9.17) is 9.47 Å². The average Bonchev–Trinajstić information content (AvgIpc) is 3.22. The summed E-state index contributed by atoms with van der Waals surface area (Å²) in [7, 11) is 1.58. The van der Waals surface area contributed by atoms with Gasteiger partial charge in [0.1, 0.15) is 11.9 Å². The van der Waals surface area contributed by atoms with Gasteiger partial charge >= 0.3 is 5.97 Å². The van der Waals surface area contributed by atoms with Crippen molar-refractivity contribution >= 4 is 23.6 Å². The average molecular weight is 392 g/mol. The molecule has 27 heavy (non-hydrogen) atoms. The monoisotopic (exact) mass is 391 g/mol.